The Morgan fingerprint density at radius 2 is 1.88 bits per heavy atom. The van der Waals surface area contributed by atoms with Crippen molar-refractivity contribution in [1.82, 2.24) is 10.3 Å². The van der Waals surface area contributed by atoms with Crippen LogP contribution in [0.1, 0.15) is 48.0 Å². The number of aromatic nitrogens is 1. The highest BCUT2D eigenvalue weighted by Gasteiger charge is 2.29. The highest BCUT2D eigenvalue weighted by atomic mass is 35.5. The molecule has 40 heavy (non-hydrogen) atoms. The van der Waals surface area contributed by atoms with Gasteiger partial charge in [0.15, 0.2) is 6.10 Å². The zero-order valence-corrected chi connectivity index (χ0v) is 25.8. The number of benzene rings is 2. The standard InChI is InChI=1S/C32H35ClN2O3S2/c1-7-32(6,29-21(5)39-30(35-29)23-11-8-20(4)9-12-23)34-18-24-16-22(17-26(31(36)37)38-19(2)3)10-13-25(24)27-14-15-28(33)40-27/h7-16,19,26,34H,1,17-18H2,2-6H3,(H,36,37). The molecule has 0 aliphatic rings. The van der Waals surface area contributed by atoms with Gasteiger partial charge in [-0.2, -0.15) is 0 Å². The number of hydrogen-bond acceptors (Lipinski definition) is 6. The smallest absolute Gasteiger partial charge is 0.333 e. The SMILES string of the molecule is C=CC(C)(NCc1cc(CC(OC(C)C)C(=O)O)ccc1-c1ccc(Cl)s1)c1nc(-c2ccc(C)cc2)sc1C. The molecule has 0 bridgehead atoms. The third-order valence-corrected chi connectivity index (χ3v) is 9.07. The number of carboxylic acids is 1. The van der Waals surface area contributed by atoms with Crippen LogP contribution >= 0.6 is 34.3 Å². The van der Waals surface area contributed by atoms with Gasteiger partial charge < -0.3 is 9.84 Å². The van der Waals surface area contributed by atoms with E-state index in [9.17, 15) is 9.90 Å². The number of aryl methyl sites for hydroxylation is 2. The van der Waals surface area contributed by atoms with E-state index in [0.717, 1.165) is 42.7 Å². The molecule has 0 amide bonds. The second-order valence-corrected chi connectivity index (χ2v) is 13.3. The van der Waals surface area contributed by atoms with Crippen molar-refractivity contribution in [3.05, 3.63) is 98.9 Å². The van der Waals surface area contributed by atoms with E-state index in [4.69, 9.17) is 21.3 Å². The van der Waals surface area contributed by atoms with E-state index in [1.165, 1.54) is 16.9 Å². The molecule has 5 nitrogen and oxygen atoms in total. The maximum atomic E-state index is 11.9. The molecule has 2 atom stereocenters. The molecule has 0 aliphatic carbocycles. The van der Waals surface area contributed by atoms with Crippen LogP contribution in [0.2, 0.25) is 4.34 Å². The van der Waals surface area contributed by atoms with Gasteiger partial charge in [-0.1, -0.05) is 65.7 Å². The monoisotopic (exact) mass is 594 g/mol. The summed E-state index contributed by atoms with van der Waals surface area (Å²) >= 11 is 9.47. The van der Waals surface area contributed by atoms with Gasteiger partial charge in [0.2, 0.25) is 0 Å². The quantitative estimate of drug-likeness (QED) is 0.161. The van der Waals surface area contributed by atoms with Gasteiger partial charge in [-0.3, -0.25) is 5.32 Å². The zero-order valence-electron chi connectivity index (χ0n) is 23.5. The summed E-state index contributed by atoms with van der Waals surface area (Å²) in [4.78, 5) is 19.1. The summed E-state index contributed by atoms with van der Waals surface area (Å²) in [6, 6.07) is 18.4. The maximum absolute atomic E-state index is 11.9. The summed E-state index contributed by atoms with van der Waals surface area (Å²) in [5, 5.41) is 14.4. The number of halogens is 1. The van der Waals surface area contributed by atoms with Crippen LogP contribution in [0.5, 0.6) is 0 Å². The average molecular weight is 595 g/mol. The third kappa shape index (κ3) is 7.09. The number of nitrogens with zero attached hydrogens (tertiary/aromatic N) is 1. The van der Waals surface area contributed by atoms with E-state index in [1.54, 1.807) is 11.3 Å². The van der Waals surface area contributed by atoms with Crippen LogP contribution in [0.4, 0.5) is 0 Å². The number of ether oxygens (including phenoxy) is 1. The van der Waals surface area contributed by atoms with Gasteiger partial charge in [-0.25, -0.2) is 9.78 Å². The number of carboxylic acid groups (broad SMARTS) is 1. The number of rotatable bonds is 12. The molecule has 0 radical (unpaired) electrons. The summed E-state index contributed by atoms with van der Waals surface area (Å²) in [6.07, 6.45) is 1.07. The molecular formula is C32H35ClN2O3S2. The topological polar surface area (TPSA) is 71.5 Å². The molecule has 4 aromatic rings. The van der Waals surface area contributed by atoms with Crippen LogP contribution in [0.25, 0.3) is 21.0 Å². The summed E-state index contributed by atoms with van der Waals surface area (Å²) in [5.74, 6) is -0.967. The first-order chi connectivity index (χ1) is 19.0. The lowest BCUT2D eigenvalue weighted by Gasteiger charge is -2.27. The Labute approximate surface area is 249 Å². The molecule has 0 aliphatic heterocycles. The summed E-state index contributed by atoms with van der Waals surface area (Å²) in [7, 11) is 0. The molecule has 8 heteroatoms. The van der Waals surface area contributed by atoms with Crippen LogP contribution in [0, 0.1) is 13.8 Å². The van der Waals surface area contributed by atoms with Gasteiger partial charge in [0.1, 0.15) is 5.01 Å². The Morgan fingerprint density at radius 3 is 2.48 bits per heavy atom. The van der Waals surface area contributed by atoms with Crippen LogP contribution in [0.15, 0.2) is 67.3 Å². The van der Waals surface area contributed by atoms with E-state index >= 15 is 0 Å². The van der Waals surface area contributed by atoms with Gasteiger partial charge in [0.25, 0.3) is 0 Å². The van der Waals surface area contributed by atoms with Crippen molar-refractivity contribution in [2.45, 2.75) is 65.3 Å². The lowest BCUT2D eigenvalue weighted by molar-refractivity contribution is -0.153. The fourth-order valence-electron chi connectivity index (χ4n) is 4.59. The second kappa shape index (κ2) is 12.8. The lowest BCUT2D eigenvalue weighted by Crippen LogP contribution is -2.38. The van der Waals surface area contributed by atoms with E-state index in [0.29, 0.717) is 10.9 Å². The van der Waals surface area contributed by atoms with Gasteiger partial charge in [0, 0.05) is 28.3 Å². The van der Waals surface area contributed by atoms with Gasteiger partial charge in [-0.05, 0) is 63.4 Å². The van der Waals surface area contributed by atoms with Crippen LogP contribution in [0.3, 0.4) is 0 Å². The van der Waals surface area contributed by atoms with Crippen molar-refractivity contribution in [3.63, 3.8) is 0 Å². The van der Waals surface area contributed by atoms with Crippen molar-refractivity contribution in [3.8, 4) is 21.0 Å². The molecule has 2 unspecified atom stereocenters. The predicted octanol–water partition coefficient (Wildman–Crippen LogP) is 8.42. The minimum Gasteiger partial charge on any atom is -0.479 e. The highest BCUT2D eigenvalue weighted by molar-refractivity contribution is 7.19. The van der Waals surface area contributed by atoms with Gasteiger partial charge >= 0.3 is 5.97 Å². The van der Waals surface area contributed by atoms with Crippen LogP contribution in [-0.4, -0.2) is 28.3 Å². The third-order valence-electron chi connectivity index (χ3n) is 6.78. The first-order valence-electron chi connectivity index (χ1n) is 13.2. The molecule has 0 saturated heterocycles. The number of carbonyl (C=O) groups is 1. The van der Waals surface area contributed by atoms with Gasteiger partial charge in [-0.15, -0.1) is 29.3 Å². The van der Waals surface area contributed by atoms with Crippen molar-refractivity contribution in [2.75, 3.05) is 0 Å². The van der Waals surface area contributed by atoms with Crippen molar-refractivity contribution in [2.24, 2.45) is 0 Å². The number of hydrogen-bond donors (Lipinski definition) is 2. The van der Waals surface area contributed by atoms with E-state index in [2.05, 4.69) is 63.0 Å². The summed E-state index contributed by atoms with van der Waals surface area (Å²) < 4.78 is 6.39. The largest absolute Gasteiger partial charge is 0.479 e. The maximum Gasteiger partial charge on any atom is 0.333 e. The molecule has 0 spiro atoms. The number of aliphatic carboxylic acids is 1. The Balaban J connectivity index is 1.65. The predicted molar refractivity (Wildman–Crippen MR) is 168 cm³/mol. The van der Waals surface area contributed by atoms with Crippen molar-refractivity contribution >= 4 is 40.2 Å². The molecule has 0 saturated carbocycles. The van der Waals surface area contributed by atoms with Crippen LogP contribution in [-0.2, 0) is 28.0 Å². The highest BCUT2D eigenvalue weighted by Crippen LogP contribution is 2.36. The fourth-order valence-corrected chi connectivity index (χ4v) is 6.72. The van der Waals surface area contributed by atoms with E-state index < -0.39 is 17.6 Å². The number of nitrogens with one attached hydrogen (secondary N) is 1. The molecule has 4 rings (SSSR count). The summed E-state index contributed by atoms with van der Waals surface area (Å²) in [6.45, 7) is 14.6. The molecule has 210 valence electrons. The molecule has 2 aromatic heterocycles. The Hall–Kier alpha value is -2.81. The minimum absolute atomic E-state index is 0.186. The second-order valence-electron chi connectivity index (χ2n) is 10.4. The summed E-state index contributed by atoms with van der Waals surface area (Å²) in [5.41, 5.74) is 5.63. The first kappa shape index (κ1) is 30.2. The average Bonchev–Trinajstić information content (AvgIpc) is 3.53. The van der Waals surface area contributed by atoms with Gasteiger partial charge in [0.05, 0.1) is 21.7 Å². The normalized spacial score (nSPS) is 13.8. The molecule has 0 fully saturated rings. The van der Waals surface area contributed by atoms with Crippen molar-refractivity contribution in [1.29, 1.82) is 0 Å². The molecule has 2 N–H and O–H groups in total. The first-order valence-corrected chi connectivity index (χ1v) is 15.2. The molecule has 2 aromatic carbocycles. The Morgan fingerprint density at radius 1 is 1.15 bits per heavy atom. The minimum atomic E-state index is -0.967. The fraction of sp³-hybridized carbons (Fsp3) is 0.312. The van der Waals surface area contributed by atoms with E-state index in [1.807, 2.05) is 44.2 Å². The lowest BCUT2D eigenvalue weighted by atomic mass is 9.94. The zero-order chi connectivity index (χ0) is 29.0. The number of thiophene rings is 1. The Kier molecular flexibility index (Phi) is 9.64. The Bertz CT molecular complexity index is 1490. The molecule has 2 heterocycles. The van der Waals surface area contributed by atoms with E-state index in [-0.39, 0.29) is 12.5 Å². The number of thiazole rings is 1. The molecular weight excluding hydrogens is 560 g/mol. The van der Waals surface area contributed by atoms with Crippen LogP contribution < -0.4 is 5.32 Å². The van der Waals surface area contributed by atoms with Crippen molar-refractivity contribution < 1.29 is 14.6 Å².